The Hall–Kier alpha value is -2.04. The number of hydrogen-bond acceptors (Lipinski definition) is 4. The van der Waals surface area contributed by atoms with Crippen LogP contribution in [0.4, 0.5) is 0 Å². The van der Waals surface area contributed by atoms with Crippen molar-refractivity contribution in [2.45, 2.75) is 0 Å². The minimum atomic E-state index is -0.431. The summed E-state index contributed by atoms with van der Waals surface area (Å²) in [4.78, 5) is 10.8. The first kappa shape index (κ1) is 8.55. The maximum absolute atomic E-state index is 10.8. The van der Waals surface area contributed by atoms with E-state index in [2.05, 4.69) is 15.4 Å². The molecule has 70 valence electrons. The lowest BCUT2D eigenvalue weighted by Crippen LogP contribution is -2.11. The number of hydrogen-bond donors (Lipinski definition) is 1. The molecule has 5 nitrogen and oxygen atoms in total. The van der Waals surface area contributed by atoms with Gasteiger partial charge in [0.15, 0.2) is 0 Å². The lowest BCUT2D eigenvalue weighted by atomic mass is 10.1. The second-order valence-corrected chi connectivity index (χ2v) is 2.88. The number of nitrogens with two attached hydrogens (primary N) is 1. The van der Waals surface area contributed by atoms with E-state index in [0.29, 0.717) is 12.1 Å². The Balaban J connectivity index is 2.26. The van der Waals surface area contributed by atoms with Crippen molar-refractivity contribution in [2.75, 3.05) is 6.54 Å². The zero-order valence-corrected chi connectivity index (χ0v) is 7.34. The third-order valence-electron chi connectivity index (χ3n) is 1.95. The van der Waals surface area contributed by atoms with Gasteiger partial charge in [0.25, 0.3) is 0 Å². The summed E-state index contributed by atoms with van der Waals surface area (Å²) in [7, 11) is 0. The average Bonchev–Trinajstić information content (AvgIpc) is 2.71. The smallest absolute Gasteiger partial charge is 0.248 e. The first-order chi connectivity index (χ1) is 6.77. The minimum Gasteiger partial charge on any atom is -0.366 e. The lowest BCUT2D eigenvalue weighted by molar-refractivity contribution is 0.100. The number of rotatable bonds is 2. The van der Waals surface area contributed by atoms with Crippen LogP contribution in [0.15, 0.2) is 39.7 Å². The molecule has 0 radical (unpaired) electrons. The van der Waals surface area contributed by atoms with E-state index in [1.807, 2.05) is 0 Å². The molecule has 1 aromatic rings. The van der Waals surface area contributed by atoms with Crippen molar-refractivity contribution < 1.29 is 4.79 Å². The van der Waals surface area contributed by atoms with Gasteiger partial charge in [-0.25, -0.2) is 0 Å². The lowest BCUT2D eigenvalue weighted by Gasteiger charge is -1.99. The maximum atomic E-state index is 10.8. The molecule has 0 saturated carbocycles. The molecule has 2 rings (SSSR count). The van der Waals surface area contributed by atoms with Crippen molar-refractivity contribution in [1.82, 2.24) is 0 Å². The van der Waals surface area contributed by atoms with Crippen molar-refractivity contribution in [2.24, 2.45) is 21.2 Å². The van der Waals surface area contributed by atoms with Crippen LogP contribution < -0.4 is 5.73 Å². The van der Waals surface area contributed by atoms with Gasteiger partial charge in [-0.2, -0.15) is 5.11 Å². The summed E-state index contributed by atoms with van der Waals surface area (Å²) in [5.74, 6) is -0.431. The SMILES string of the molecule is NC(=O)c1ccc(C2=NN=NC2)cc1. The second kappa shape index (κ2) is 3.37. The molecule has 1 amide bonds. The molecule has 0 atom stereocenters. The van der Waals surface area contributed by atoms with Gasteiger partial charge in [0.2, 0.25) is 5.91 Å². The highest BCUT2D eigenvalue weighted by Crippen LogP contribution is 2.09. The van der Waals surface area contributed by atoms with Crippen molar-refractivity contribution in [3.8, 4) is 0 Å². The van der Waals surface area contributed by atoms with Crippen molar-refractivity contribution in [3.63, 3.8) is 0 Å². The molecule has 5 heteroatoms. The monoisotopic (exact) mass is 188 g/mol. The quantitative estimate of drug-likeness (QED) is 0.736. The van der Waals surface area contributed by atoms with E-state index in [-0.39, 0.29) is 0 Å². The van der Waals surface area contributed by atoms with Crippen molar-refractivity contribution in [1.29, 1.82) is 0 Å². The summed E-state index contributed by atoms with van der Waals surface area (Å²) in [5.41, 5.74) is 7.32. The molecule has 2 N–H and O–H groups in total. The van der Waals surface area contributed by atoms with E-state index in [0.717, 1.165) is 11.3 Å². The summed E-state index contributed by atoms with van der Waals surface area (Å²) in [6.07, 6.45) is 0. The molecule has 1 aliphatic heterocycles. The van der Waals surface area contributed by atoms with Gasteiger partial charge in [-0.15, -0.1) is 5.10 Å². The summed E-state index contributed by atoms with van der Waals surface area (Å²) >= 11 is 0. The highest BCUT2D eigenvalue weighted by atomic mass is 16.1. The van der Waals surface area contributed by atoms with Gasteiger partial charge in [0.05, 0.1) is 5.71 Å². The average molecular weight is 188 g/mol. The Kier molecular flexibility index (Phi) is 2.06. The number of nitrogens with zero attached hydrogens (tertiary/aromatic N) is 3. The molecule has 0 bridgehead atoms. The molecule has 0 aliphatic carbocycles. The summed E-state index contributed by atoms with van der Waals surface area (Å²) < 4.78 is 0. The number of carbonyl (C=O) groups is 1. The normalized spacial score (nSPS) is 14.1. The van der Waals surface area contributed by atoms with Gasteiger partial charge in [-0.1, -0.05) is 12.1 Å². The molecular weight excluding hydrogens is 180 g/mol. The molecule has 0 aromatic heterocycles. The van der Waals surface area contributed by atoms with Gasteiger partial charge in [-0.05, 0) is 22.9 Å². The zero-order valence-electron chi connectivity index (χ0n) is 7.34. The van der Waals surface area contributed by atoms with Crippen LogP contribution in [-0.4, -0.2) is 18.2 Å². The standard InChI is InChI=1S/C9H8N4O/c10-9(14)7-3-1-6(2-4-7)8-5-11-13-12-8/h1-4H,5H2,(H2,10,14). The Labute approximate surface area is 80.3 Å². The van der Waals surface area contributed by atoms with Crippen LogP contribution in [0.25, 0.3) is 0 Å². The summed E-state index contributed by atoms with van der Waals surface area (Å²) in [6.45, 7) is 0.496. The van der Waals surface area contributed by atoms with Gasteiger partial charge in [0.1, 0.15) is 6.54 Å². The molecule has 1 aromatic carbocycles. The van der Waals surface area contributed by atoms with E-state index in [4.69, 9.17) is 5.73 Å². The molecule has 0 unspecified atom stereocenters. The summed E-state index contributed by atoms with van der Waals surface area (Å²) in [6, 6.07) is 6.90. The number of amides is 1. The van der Waals surface area contributed by atoms with E-state index in [9.17, 15) is 4.79 Å². The molecule has 1 aliphatic rings. The molecular formula is C9H8N4O. The van der Waals surface area contributed by atoms with Crippen molar-refractivity contribution in [3.05, 3.63) is 35.4 Å². The molecule has 0 saturated heterocycles. The highest BCUT2D eigenvalue weighted by Gasteiger charge is 2.07. The number of carbonyl (C=O) groups excluding carboxylic acids is 1. The van der Waals surface area contributed by atoms with Gasteiger partial charge < -0.3 is 5.73 Å². The predicted octanol–water partition coefficient (Wildman–Crippen LogP) is 0.955. The maximum Gasteiger partial charge on any atom is 0.248 e. The predicted molar refractivity (Wildman–Crippen MR) is 51.2 cm³/mol. The van der Waals surface area contributed by atoms with E-state index >= 15 is 0 Å². The van der Waals surface area contributed by atoms with Crippen LogP contribution in [-0.2, 0) is 0 Å². The van der Waals surface area contributed by atoms with Crippen molar-refractivity contribution >= 4 is 11.6 Å². The molecule has 0 spiro atoms. The van der Waals surface area contributed by atoms with Crippen LogP contribution in [0.1, 0.15) is 15.9 Å². The van der Waals surface area contributed by atoms with Gasteiger partial charge >= 0.3 is 0 Å². The van der Waals surface area contributed by atoms with E-state index in [1.165, 1.54) is 0 Å². The second-order valence-electron chi connectivity index (χ2n) is 2.88. The third kappa shape index (κ3) is 1.52. The van der Waals surface area contributed by atoms with Crippen LogP contribution in [0, 0.1) is 0 Å². The largest absolute Gasteiger partial charge is 0.366 e. The minimum absolute atomic E-state index is 0.431. The van der Waals surface area contributed by atoms with Crippen LogP contribution in [0.5, 0.6) is 0 Å². The molecule has 0 fully saturated rings. The fourth-order valence-electron chi connectivity index (χ4n) is 1.19. The topological polar surface area (TPSA) is 80.2 Å². The van der Waals surface area contributed by atoms with Crippen LogP contribution in [0.2, 0.25) is 0 Å². The number of benzene rings is 1. The van der Waals surface area contributed by atoms with E-state index in [1.54, 1.807) is 24.3 Å². The first-order valence-corrected chi connectivity index (χ1v) is 4.11. The fraction of sp³-hybridized carbons (Fsp3) is 0.111. The fourth-order valence-corrected chi connectivity index (χ4v) is 1.19. The third-order valence-corrected chi connectivity index (χ3v) is 1.95. The zero-order chi connectivity index (χ0) is 9.97. The van der Waals surface area contributed by atoms with E-state index < -0.39 is 5.91 Å². The Bertz CT molecular complexity index is 419. The van der Waals surface area contributed by atoms with Gasteiger partial charge in [0, 0.05) is 5.56 Å². The Morgan fingerprint density at radius 1 is 1.29 bits per heavy atom. The number of primary amides is 1. The summed E-state index contributed by atoms with van der Waals surface area (Å²) in [5, 5.41) is 11.1. The Morgan fingerprint density at radius 2 is 2.00 bits per heavy atom. The highest BCUT2D eigenvalue weighted by molar-refractivity contribution is 6.03. The van der Waals surface area contributed by atoms with Gasteiger partial charge in [-0.3, -0.25) is 4.79 Å². The first-order valence-electron chi connectivity index (χ1n) is 4.11. The molecule has 14 heavy (non-hydrogen) atoms. The Morgan fingerprint density at radius 3 is 2.50 bits per heavy atom. The van der Waals surface area contributed by atoms with Crippen LogP contribution in [0.3, 0.4) is 0 Å². The van der Waals surface area contributed by atoms with Crippen LogP contribution >= 0.6 is 0 Å². The molecule has 1 heterocycles.